The average Bonchev–Trinajstić information content (AvgIpc) is 3.10. The maximum absolute atomic E-state index is 11.7. The molecule has 3 N–H and O–H groups in total. The second-order valence-corrected chi connectivity index (χ2v) is 7.85. The van der Waals surface area contributed by atoms with Crippen molar-refractivity contribution in [1.29, 1.82) is 0 Å². The molecule has 0 aliphatic rings. The Morgan fingerprint density at radius 3 is 2.80 bits per heavy atom. The first-order valence-corrected chi connectivity index (χ1v) is 10.0. The van der Waals surface area contributed by atoms with Gasteiger partial charge in [-0.1, -0.05) is 12.1 Å². The number of primary amides is 1. The van der Waals surface area contributed by atoms with Crippen molar-refractivity contribution >= 4 is 27.8 Å². The minimum absolute atomic E-state index is 0.439. The Labute approximate surface area is 175 Å². The Balaban J connectivity index is 1.86. The third-order valence-electron chi connectivity index (χ3n) is 5.17. The number of aromatic amines is 1. The first-order chi connectivity index (χ1) is 14.4. The number of aromatic nitrogens is 2. The van der Waals surface area contributed by atoms with E-state index in [-0.39, 0.29) is 0 Å². The monoisotopic (exact) mass is 402 g/mol. The summed E-state index contributed by atoms with van der Waals surface area (Å²) in [6.45, 7) is 3.63. The highest BCUT2D eigenvalue weighted by molar-refractivity contribution is 6.15. The van der Waals surface area contributed by atoms with Crippen molar-refractivity contribution in [3.05, 3.63) is 59.8 Å². The molecule has 0 unspecified atom stereocenters. The van der Waals surface area contributed by atoms with Crippen molar-refractivity contribution in [1.82, 2.24) is 14.9 Å². The molecule has 0 atom stereocenters. The number of nitrogens with one attached hydrogen (secondary N) is 1. The van der Waals surface area contributed by atoms with Gasteiger partial charge in [0, 0.05) is 29.1 Å². The molecule has 0 bridgehead atoms. The summed E-state index contributed by atoms with van der Waals surface area (Å²) in [7, 11) is 4.11. The van der Waals surface area contributed by atoms with Crippen molar-refractivity contribution in [2.45, 2.75) is 13.3 Å². The smallest absolute Gasteiger partial charge is 0.248 e. The molecule has 0 saturated carbocycles. The lowest BCUT2D eigenvalue weighted by molar-refractivity contribution is 0.100. The lowest BCUT2D eigenvalue weighted by Crippen LogP contribution is -2.15. The van der Waals surface area contributed by atoms with E-state index in [2.05, 4.69) is 35.0 Å². The molecule has 0 saturated heterocycles. The molecule has 2 heterocycles. The zero-order valence-electron chi connectivity index (χ0n) is 17.5. The van der Waals surface area contributed by atoms with Gasteiger partial charge >= 0.3 is 0 Å². The fraction of sp³-hybridized carbons (Fsp3) is 0.250. The van der Waals surface area contributed by atoms with Gasteiger partial charge in [0.2, 0.25) is 5.91 Å². The molecule has 4 rings (SSSR count). The average molecular weight is 402 g/mol. The summed E-state index contributed by atoms with van der Waals surface area (Å²) in [5.74, 6) is 0.361. The molecule has 6 nitrogen and oxygen atoms in total. The molecule has 2 aromatic heterocycles. The van der Waals surface area contributed by atoms with Crippen LogP contribution in [-0.4, -0.2) is 48.0 Å². The quantitative estimate of drug-likeness (QED) is 0.456. The number of ether oxygens (including phenoxy) is 1. The molecule has 0 spiro atoms. The SMILES string of the molecule is Cc1cnc2[nH]c3c(OCCCN(C)C)ccc(-c4cccc(C(N)=O)c4)c3c2c1. The van der Waals surface area contributed by atoms with E-state index in [1.54, 1.807) is 6.07 Å². The van der Waals surface area contributed by atoms with E-state index in [0.717, 1.165) is 57.3 Å². The van der Waals surface area contributed by atoms with Crippen LogP contribution in [0.3, 0.4) is 0 Å². The van der Waals surface area contributed by atoms with Crippen LogP contribution in [0.5, 0.6) is 5.75 Å². The lowest BCUT2D eigenvalue weighted by atomic mass is 9.97. The summed E-state index contributed by atoms with van der Waals surface area (Å²) >= 11 is 0. The molecule has 154 valence electrons. The minimum Gasteiger partial charge on any atom is -0.491 e. The van der Waals surface area contributed by atoms with E-state index in [0.29, 0.717) is 12.2 Å². The van der Waals surface area contributed by atoms with Crippen LogP contribution in [0.25, 0.3) is 33.1 Å². The number of rotatable bonds is 7. The number of benzene rings is 2. The molecule has 2 aromatic carbocycles. The topological polar surface area (TPSA) is 84.2 Å². The van der Waals surface area contributed by atoms with E-state index in [1.807, 2.05) is 43.5 Å². The van der Waals surface area contributed by atoms with Crippen molar-refractivity contribution < 1.29 is 9.53 Å². The molecule has 0 aliphatic heterocycles. The Bertz CT molecular complexity index is 1230. The Morgan fingerprint density at radius 1 is 1.20 bits per heavy atom. The normalized spacial score (nSPS) is 11.5. The number of aryl methyl sites for hydroxylation is 1. The van der Waals surface area contributed by atoms with Crippen LogP contribution in [0.1, 0.15) is 22.3 Å². The van der Waals surface area contributed by atoms with E-state index >= 15 is 0 Å². The van der Waals surface area contributed by atoms with Crippen LogP contribution >= 0.6 is 0 Å². The van der Waals surface area contributed by atoms with Gasteiger partial charge in [0.25, 0.3) is 0 Å². The number of hydrogen-bond acceptors (Lipinski definition) is 4. The van der Waals surface area contributed by atoms with Gasteiger partial charge in [-0.15, -0.1) is 0 Å². The second-order valence-electron chi connectivity index (χ2n) is 7.85. The molecule has 0 radical (unpaired) electrons. The molecular weight excluding hydrogens is 376 g/mol. The second kappa shape index (κ2) is 8.16. The van der Waals surface area contributed by atoms with Gasteiger partial charge in [-0.05, 0) is 74.5 Å². The van der Waals surface area contributed by atoms with Crippen molar-refractivity contribution in [2.24, 2.45) is 5.73 Å². The summed E-state index contributed by atoms with van der Waals surface area (Å²) in [5.41, 5.74) is 10.7. The van der Waals surface area contributed by atoms with Gasteiger partial charge in [-0.3, -0.25) is 4.79 Å². The summed E-state index contributed by atoms with van der Waals surface area (Å²) in [6.07, 6.45) is 2.79. The van der Waals surface area contributed by atoms with Gasteiger partial charge in [0.1, 0.15) is 11.4 Å². The fourth-order valence-electron chi connectivity index (χ4n) is 3.73. The van der Waals surface area contributed by atoms with Gasteiger partial charge in [-0.2, -0.15) is 0 Å². The first kappa shape index (κ1) is 19.9. The highest BCUT2D eigenvalue weighted by Gasteiger charge is 2.16. The number of H-pyrrole nitrogens is 1. The number of nitrogens with zero attached hydrogens (tertiary/aromatic N) is 2. The van der Waals surface area contributed by atoms with Crippen molar-refractivity contribution in [2.75, 3.05) is 27.2 Å². The zero-order chi connectivity index (χ0) is 21.3. The first-order valence-electron chi connectivity index (χ1n) is 10.0. The van der Waals surface area contributed by atoms with Crippen LogP contribution in [0.4, 0.5) is 0 Å². The van der Waals surface area contributed by atoms with Gasteiger partial charge in [0.05, 0.1) is 12.1 Å². The molecular formula is C24H26N4O2. The summed E-state index contributed by atoms with van der Waals surface area (Å²) in [4.78, 5) is 21.8. The predicted molar refractivity (Wildman–Crippen MR) is 121 cm³/mol. The number of carbonyl (C=O) groups excluding carboxylic acids is 1. The van der Waals surface area contributed by atoms with Crippen LogP contribution in [0.15, 0.2) is 48.7 Å². The van der Waals surface area contributed by atoms with E-state index < -0.39 is 5.91 Å². The van der Waals surface area contributed by atoms with Crippen LogP contribution in [-0.2, 0) is 0 Å². The summed E-state index contributed by atoms with van der Waals surface area (Å²) in [5, 5.41) is 2.07. The number of carbonyl (C=O) groups is 1. The summed E-state index contributed by atoms with van der Waals surface area (Å²) in [6, 6.07) is 13.5. The number of pyridine rings is 1. The van der Waals surface area contributed by atoms with Crippen molar-refractivity contribution in [3.8, 4) is 16.9 Å². The number of nitrogens with two attached hydrogens (primary N) is 1. The Morgan fingerprint density at radius 2 is 2.03 bits per heavy atom. The van der Waals surface area contributed by atoms with Gasteiger partial charge in [0.15, 0.2) is 0 Å². The van der Waals surface area contributed by atoms with Crippen LogP contribution in [0, 0.1) is 6.92 Å². The fourth-order valence-corrected chi connectivity index (χ4v) is 3.73. The highest BCUT2D eigenvalue weighted by Crippen LogP contribution is 2.39. The molecule has 0 aliphatic carbocycles. The van der Waals surface area contributed by atoms with E-state index in [9.17, 15) is 4.79 Å². The molecule has 4 aromatic rings. The standard InChI is InChI=1S/C24H26N4O2/c1-15-12-19-21-18(16-6-4-7-17(13-16)23(25)29)8-9-20(30-11-5-10-28(2)3)22(21)27-24(19)26-14-15/h4,6-9,12-14H,5,10-11H2,1-3H3,(H2,25,29)(H,26,27). The third kappa shape index (κ3) is 3.86. The van der Waals surface area contributed by atoms with E-state index in [4.69, 9.17) is 10.5 Å². The number of fused-ring (bicyclic) bond motifs is 3. The van der Waals surface area contributed by atoms with Gasteiger partial charge in [-0.25, -0.2) is 4.98 Å². The molecule has 0 fully saturated rings. The number of hydrogen-bond donors (Lipinski definition) is 2. The number of amides is 1. The van der Waals surface area contributed by atoms with Gasteiger partial charge < -0.3 is 20.4 Å². The maximum Gasteiger partial charge on any atom is 0.248 e. The zero-order valence-corrected chi connectivity index (χ0v) is 17.5. The van der Waals surface area contributed by atoms with Crippen molar-refractivity contribution in [3.63, 3.8) is 0 Å². The summed E-state index contributed by atoms with van der Waals surface area (Å²) < 4.78 is 6.12. The van der Waals surface area contributed by atoms with Crippen LogP contribution in [0.2, 0.25) is 0 Å². The maximum atomic E-state index is 11.7. The minimum atomic E-state index is -0.439. The lowest BCUT2D eigenvalue weighted by Gasteiger charge is -2.13. The Kier molecular flexibility index (Phi) is 5.42. The third-order valence-corrected chi connectivity index (χ3v) is 5.17. The molecule has 1 amide bonds. The van der Waals surface area contributed by atoms with E-state index in [1.165, 1.54) is 0 Å². The molecule has 6 heteroatoms. The highest BCUT2D eigenvalue weighted by atomic mass is 16.5. The van der Waals surface area contributed by atoms with Crippen LogP contribution < -0.4 is 10.5 Å². The largest absolute Gasteiger partial charge is 0.491 e. The predicted octanol–water partition coefficient (Wildman–Crippen LogP) is 4.12. The molecule has 30 heavy (non-hydrogen) atoms. The Hall–Kier alpha value is -3.38.